The van der Waals surface area contributed by atoms with Gasteiger partial charge in [0, 0.05) is 13.7 Å². The number of halogens is 4. The van der Waals surface area contributed by atoms with Crippen LogP contribution in [0.2, 0.25) is 5.02 Å². The van der Waals surface area contributed by atoms with Crippen LogP contribution in [0.1, 0.15) is 16.7 Å². The van der Waals surface area contributed by atoms with Crippen molar-refractivity contribution in [1.82, 2.24) is 4.72 Å². The molecular weight excluding hydrogens is 379 g/mol. The van der Waals surface area contributed by atoms with Crippen molar-refractivity contribution in [2.24, 2.45) is 0 Å². The van der Waals surface area contributed by atoms with Gasteiger partial charge in [-0.15, -0.1) is 0 Å². The molecule has 2 rings (SSSR count). The summed E-state index contributed by atoms with van der Waals surface area (Å²) in [7, 11) is -2.72. The number of nitrogens with one attached hydrogen (secondary N) is 1. The first kappa shape index (κ1) is 19.7. The number of rotatable bonds is 6. The summed E-state index contributed by atoms with van der Waals surface area (Å²) < 4.78 is 70.5. The number of methoxy groups -OCH3 is 1. The Kier molecular flexibility index (Phi) is 6.10. The zero-order chi connectivity index (χ0) is 18.7. The molecule has 0 aliphatic heterocycles. The van der Waals surface area contributed by atoms with Gasteiger partial charge in [0.25, 0.3) is 0 Å². The first-order valence-corrected chi connectivity index (χ1v) is 8.93. The SMILES string of the molecule is COCc1ccccc1CNS(=O)(=O)c1cc(C(F)(F)F)ccc1Cl. The molecule has 0 aromatic heterocycles. The van der Waals surface area contributed by atoms with Crippen molar-refractivity contribution in [2.75, 3.05) is 7.11 Å². The number of hydrogen-bond acceptors (Lipinski definition) is 3. The summed E-state index contributed by atoms with van der Waals surface area (Å²) in [5.74, 6) is 0. The molecule has 0 amide bonds. The summed E-state index contributed by atoms with van der Waals surface area (Å²) in [6.07, 6.45) is -4.67. The molecule has 0 unspecified atom stereocenters. The highest BCUT2D eigenvalue weighted by atomic mass is 35.5. The van der Waals surface area contributed by atoms with Gasteiger partial charge >= 0.3 is 6.18 Å². The summed E-state index contributed by atoms with van der Waals surface area (Å²) in [6, 6.07) is 9.13. The second-order valence-electron chi connectivity index (χ2n) is 5.17. The minimum Gasteiger partial charge on any atom is -0.380 e. The van der Waals surface area contributed by atoms with E-state index in [1.54, 1.807) is 24.3 Å². The number of alkyl halides is 3. The molecule has 4 nitrogen and oxygen atoms in total. The first-order chi connectivity index (χ1) is 11.6. The Morgan fingerprint density at radius 3 is 2.36 bits per heavy atom. The van der Waals surface area contributed by atoms with Crippen molar-refractivity contribution < 1.29 is 26.3 Å². The molecule has 25 heavy (non-hydrogen) atoms. The van der Waals surface area contributed by atoms with Gasteiger partial charge < -0.3 is 4.74 Å². The Hall–Kier alpha value is -1.61. The van der Waals surface area contributed by atoms with Gasteiger partial charge in [-0.25, -0.2) is 13.1 Å². The number of hydrogen-bond donors (Lipinski definition) is 1. The highest BCUT2D eigenvalue weighted by molar-refractivity contribution is 7.89. The highest BCUT2D eigenvalue weighted by Crippen LogP contribution is 2.33. The number of sulfonamides is 1. The molecule has 0 saturated carbocycles. The Morgan fingerprint density at radius 1 is 1.12 bits per heavy atom. The van der Waals surface area contributed by atoms with E-state index in [4.69, 9.17) is 16.3 Å². The van der Waals surface area contributed by atoms with Crippen LogP contribution in [0.3, 0.4) is 0 Å². The first-order valence-electron chi connectivity index (χ1n) is 7.07. The summed E-state index contributed by atoms with van der Waals surface area (Å²) in [5, 5.41) is -0.286. The molecule has 2 aromatic carbocycles. The molecule has 2 aromatic rings. The summed E-state index contributed by atoms with van der Waals surface area (Å²) in [6.45, 7) is 0.177. The van der Waals surface area contributed by atoms with E-state index < -0.39 is 26.7 Å². The predicted octanol–water partition coefficient (Wildman–Crippen LogP) is 3.98. The van der Waals surface area contributed by atoms with Gasteiger partial charge in [-0.05, 0) is 29.3 Å². The van der Waals surface area contributed by atoms with Crippen LogP contribution in [0.25, 0.3) is 0 Å². The van der Waals surface area contributed by atoms with Crippen molar-refractivity contribution in [2.45, 2.75) is 24.2 Å². The maximum atomic E-state index is 12.8. The average molecular weight is 394 g/mol. The number of benzene rings is 2. The van der Waals surface area contributed by atoms with Gasteiger partial charge in [0.1, 0.15) is 4.90 Å². The molecule has 0 saturated heterocycles. The molecule has 0 heterocycles. The molecule has 0 bridgehead atoms. The van der Waals surface area contributed by atoms with Crippen LogP contribution in [-0.4, -0.2) is 15.5 Å². The quantitative estimate of drug-likeness (QED) is 0.807. The number of ether oxygens (including phenoxy) is 1. The molecule has 0 aliphatic carbocycles. The Balaban J connectivity index is 2.29. The van der Waals surface area contributed by atoms with Crippen molar-refractivity contribution in [3.05, 3.63) is 64.2 Å². The van der Waals surface area contributed by atoms with Gasteiger partial charge in [-0.3, -0.25) is 0 Å². The molecule has 0 aliphatic rings. The Labute approximate surface area is 148 Å². The zero-order valence-corrected chi connectivity index (χ0v) is 14.7. The zero-order valence-electron chi connectivity index (χ0n) is 13.1. The monoisotopic (exact) mass is 393 g/mol. The van der Waals surface area contributed by atoms with Gasteiger partial charge in [0.05, 0.1) is 17.2 Å². The lowest BCUT2D eigenvalue weighted by Gasteiger charge is -2.13. The summed E-state index contributed by atoms with van der Waals surface area (Å²) >= 11 is 5.79. The van der Waals surface area contributed by atoms with Crippen LogP contribution in [0.15, 0.2) is 47.4 Å². The maximum absolute atomic E-state index is 12.8. The van der Waals surface area contributed by atoms with Crippen molar-refractivity contribution in [1.29, 1.82) is 0 Å². The Bertz CT molecular complexity index is 854. The van der Waals surface area contributed by atoms with Gasteiger partial charge in [-0.2, -0.15) is 13.2 Å². The van der Waals surface area contributed by atoms with Crippen molar-refractivity contribution in [3.63, 3.8) is 0 Å². The third-order valence-corrected chi connectivity index (χ3v) is 5.30. The van der Waals surface area contributed by atoms with E-state index in [0.29, 0.717) is 11.6 Å². The molecule has 0 atom stereocenters. The third kappa shape index (κ3) is 4.94. The second-order valence-corrected chi connectivity index (χ2v) is 7.31. The molecule has 0 spiro atoms. The van der Waals surface area contributed by atoms with Crippen molar-refractivity contribution >= 4 is 21.6 Å². The lowest BCUT2D eigenvalue weighted by atomic mass is 10.1. The third-order valence-electron chi connectivity index (χ3n) is 3.42. The summed E-state index contributed by atoms with van der Waals surface area (Å²) in [5.41, 5.74) is 0.330. The molecule has 0 radical (unpaired) electrons. The highest BCUT2D eigenvalue weighted by Gasteiger charge is 2.32. The van der Waals surface area contributed by atoms with E-state index in [0.717, 1.165) is 17.7 Å². The molecular formula is C16H15ClF3NO3S. The van der Waals surface area contributed by atoms with E-state index in [1.807, 2.05) is 0 Å². The van der Waals surface area contributed by atoms with Gasteiger partial charge in [0.15, 0.2) is 0 Å². The topological polar surface area (TPSA) is 55.4 Å². The molecule has 0 fully saturated rings. The minimum atomic E-state index is -4.67. The fourth-order valence-corrected chi connectivity index (χ4v) is 3.69. The van der Waals surface area contributed by atoms with Crippen LogP contribution < -0.4 is 4.72 Å². The molecule has 1 N–H and O–H groups in total. The van der Waals surface area contributed by atoms with E-state index in [1.165, 1.54) is 7.11 Å². The van der Waals surface area contributed by atoms with Gasteiger partial charge in [0.2, 0.25) is 10.0 Å². The standard InChI is InChI=1S/C16H15ClF3NO3S/c1-24-10-12-5-3-2-4-11(12)9-21-25(22,23)15-8-13(16(18,19)20)6-7-14(15)17/h2-8,21H,9-10H2,1H3. The maximum Gasteiger partial charge on any atom is 0.416 e. The molecule has 9 heteroatoms. The van der Waals surface area contributed by atoms with Crippen LogP contribution in [0, 0.1) is 0 Å². The van der Waals surface area contributed by atoms with Gasteiger partial charge in [-0.1, -0.05) is 35.9 Å². The van der Waals surface area contributed by atoms with Crippen LogP contribution in [0.4, 0.5) is 13.2 Å². The average Bonchev–Trinajstić information content (AvgIpc) is 2.53. The second kappa shape index (κ2) is 7.74. The largest absolute Gasteiger partial charge is 0.416 e. The van der Waals surface area contributed by atoms with E-state index in [-0.39, 0.29) is 18.2 Å². The van der Waals surface area contributed by atoms with Crippen LogP contribution in [0.5, 0.6) is 0 Å². The fraction of sp³-hybridized carbons (Fsp3) is 0.250. The minimum absolute atomic E-state index is 0.103. The Morgan fingerprint density at radius 2 is 1.76 bits per heavy atom. The van der Waals surface area contributed by atoms with E-state index in [9.17, 15) is 21.6 Å². The van der Waals surface area contributed by atoms with Crippen molar-refractivity contribution in [3.8, 4) is 0 Å². The smallest absolute Gasteiger partial charge is 0.380 e. The lowest BCUT2D eigenvalue weighted by Crippen LogP contribution is -2.24. The summed E-state index contributed by atoms with van der Waals surface area (Å²) in [4.78, 5) is -0.617. The predicted molar refractivity (Wildman–Crippen MR) is 87.6 cm³/mol. The van der Waals surface area contributed by atoms with Crippen LogP contribution in [-0.2, 0) is 34.1 Å². The lowest BCUT2D eigenvalue weighted by molar-refractivity contribution is -0.137. The van der Waals surface area contributed by atoms with Crippen LogP contribution >= 0.6 is 11.6 Å². The molecule has 136 valence electrons. The van der Waals surface area contributed by atoms with E-state index in [2.05, 4.69) is 4.72 Å². The van der Waals surface area contributed by atoms with E-state index >= 15 is 0 Å². The normalized spacial score (nSPS) is 12.4. The fourth-order valence-electron chi connectivity index (χ4n) is 2.16.